The molecule has 98 valence electrons. The van der Waals surface area contributed by atoms with Gasteiger partial charge in [-0.1, -0.05) is 11.6 Å². The number of rotatable bonds is 2. The number of aromatic nitrogens is 1. The van der Waals surface area contributed by atoms with Crippen LogP contribution < -0.4 is 5.32 Å². The molecule has 0 fully saturated rings. The van der Waals surface area contributed by atoms with Gasteiger partial charge in [-0.05, 0) is 34.1 Å². The molecule has 0 aliphatic rings. The van der Waals surface area contributed by atoms with Crippen molar-refractivity contribution in [3.8, 4) is 0 Å². The first kappa shape index (κ1) is 13.9. The van der Waals surface area contributed by atoms with Crippen LogP contribution in [0.1, 0.15) is 10.4 Å². The number of nitrogens with one attached hydrogen (secondary N) is 1. The molecule has 2 aromatic rings. The summed E-state index contributed by atoms with van der Waals surface area (Å²) < 4.78 is 26.8. The quantitative estimate of drug-likeness (QED) is 0.834. The van der Waals surface area contributed by atoms with Crippen molar-refractivity contribution in [1.82, 2.24) is 4.98 Å². The smallest absolute Gasteiger partial charge is 0.255 e. The predicted octanol–water partition coefficient (Wildman–Crippen LogP) is 4.03. The van der Waals surface area contributed by atoms with Crippen molar-refractivity contribution in [2.45, 2.75) is 0 Å². The summed E-state index contributed by atoms with van der Waals surface area (Å²) in [5, 5.41) is 2.08. The van der Waals surface area contributed by atoms with E-state index in [4.69, 9.17) is 11.6 Å². The Morgan fingerprint density at radius 2 is 2.05 bits per heavy atom. The molecule has 1 aromatic carbocycles. The van der Waals surface area contributed by atoms with Crippen molar-refractivity contribution in [3.05, 3.63) is 57.3 Å². The van der Waals surface area contributed by atoms with Crippen LogP contribution in [0.4, 0.5) is 14.5 Å². The van der Waals surface area contributed by atoms with E-state index in [1.807, 2.05) is 0 Å². The molecule has 0 spiro atoms. The molecule has 1 aromatic heterocycles. The Bertz CT molecular complexity index is 628. The summed E-state index contributed by atoms with van der Waals surface area (Å²) in [6, 6.07) is 4.48. The molecule has 0 saturated carbocycles. The van der Waals surface area contributed by atoms with E-state index in [9.17, 15) is 13.6 Å². The van der Waals surface area contributed by atoms with Crippen molar-refractivity contribution in [1.29, 1.82) is 0 Å². The van der Waals surface area contributed by atoms with E-state index in [0.717, 1.165) is 6.07 Å². The normalized spacial score (nSPS) is 10.3. The number of halogens is 4. The number of carbonyl (C=O) groups excluding carboxylic acids is 1. The minimum atomic E-state index is -0.938. The Labute approximate surface area is 120 Å². The van der Waals surface area contributed by atoms with Crippen LogP contribution in [0.5, 0.6) is 0 Å². The number of pyridine rings is 1. The zero-order valence-corrected chi connectivity index (χ0v) is 11.6. The molecule has 1 heterocycles. The van der Waals surface area contributed by atoms with E-state index in [1.54, 1.807) is 0 Å². The molecule has 0 atom stereocenters. The minimum absolute atomic E-state index is 0.209. The maximum absolute atomic E-state index is 13.5. The fraction of sp³-hybridized carbons (Fsp3) is 0. The monoisotopic (exact) mass is 346 g/mol. The summed E-state index contributed by atoms with van der Waals surface area (Å²) in [5.41, 5.74) is 0.00247. The van der Waals surface area contributed by atoms with Crippen LogP contribution in [0.15, 0.2) is 35.1 Å². The zero-order valence-electron chi connectivity index (χ0n) is 9.25. The topological polar surface area (TPSA) is 42.0 Å². The molecule has 0 radical (unpaired) electrons. The number of hydrogen-bond acceptors (Lipinski definition) is 2. The summed E-state index contributed by atoms with van der Waals surface area (Å²) in [7, 11) is 0. The van der Waals surface area contributed by atoms with Gasteiger partial charge < -0.3 is 5.32 Å². The van der Waals surface area contributed by atoms with E-state index in [2.05, 4.69) is 26.2 Å². The Kier molecular flexibility index (Phi) is 4.11. The molecule has 0 aliphatic heterocycles. The molecule has 1 amide bonds. The van der Waals surface area contributed by atoms with Crippen LogP contribution in [0, 0.1) is 11.6 Å². The third-order valence-electron chi connectivity index (χ3n) is 2.23. The lowest BCUT2D eigenvalue weighted by Gasteiger charge is -2.08. The van der Waals surface area contributed by atoms with Crippen LogP contribution in [-0.4, -0.2) is 10.9 Å². The molecule has 3 nitrogen and oxygen atoms in total. The third kappa shape index (κ3) is 3.27. The van der Waals surface area contributed by atoms with E-state index in [-0.39, 0.29) is 16.3 Å². The highest BCUT2D eigenvalue weighted by molar-refractivity contribution is 9.10. The number of nitrogens with zero attached hydrogens (tertiary/aromatic N) is 1. The van der Waals surface area contributed by atoms with Crippen LogP contribution in [0.2, 0.25) is 5.02 Å². The zero-order chi connectivity index (χ0) is 14.0. The number of amides is 1. The van der Waals surface area contributed by atoms with E-state index in [1.165, 1.54) is 18.3 Å². The largest absolute Gasteiger partial charge is 0.318 e. The molecule has 0 saturated heterocycles. The lowest BCUT2D eigenvalue weighted by Crippen LogP contribution is -2.13. The summed E-state index contributed by atoms with van der Waals surface area (Å²) >= 11 is 8.79. The first-order valence-corrected chi connectivity index (χ1v) is 6.22. The summed E-state index contributed by atoms with van der Waals surface area (Å²) in [6.45, 7) is 0. The molecule has 1 N–H and O–H groups in total. The van der Waals surface area contributed by atoms with Crippen LogP contribution in [0.25, 0.3) is 0 Å². The molecule has 0 unspecified atom stereocenters. The van der Waals surface area contributed by atoms with Gasteiger partial charge in [-0.25, -0.2) is 13.8 Å². The van der Waals surface area contributed by atoms with Gasteiger partial charge in [-0.3, -0.25) is 4.79 Å². The van der Waals surface area contributed by atoms with Gasteiger partial charge in [0.25, 0.3) is 5.91 Å². The van der Waals surface area contributed by atoms with Gasteiger partial charge >= 0.3 is 0 Å². The van der Waals surface area contributed by atoms with Crippen LogP contribution >= 0.6 is 27.5 Å². The van der Waals surface area contributed by atoms with Gasteiger partial charge in [0.1, 0.15) is 10.4 Å². The average Bonchev–Trinajstić information content (AvgIpc) is 2.33. The Balaban J connectivity index is 2.29. The van der Waals surface area contributed by atoms with Crippen molar-refractivity contribution < 1.29 is 13.6 Å². The van der Waals surface area contributed by atoms with Gasteiger partial charge in [0.05, 0.1) is 10.7 Å². The second-order valence-electron chi connectivity index (χ2n) is 3.57. The number of carbonyl (C=O) groups is 1. The molecular weight excluding hydrogens is 341 g/mol. The lowest BCUT2D eigenvalue weighted by molar-refractivity contribution is 0.102. The number of hydrogen-bond donors (Lipinski definition) is 1. The molecule has 19 heavy (non-hydrogen) atoms. The summed E-state index contributed by atoms with van der Waals surface area (Å²) in [6.07, 6.45) is 1.42. The maximum atomic E-state index is 13.5. The molecule has 0 bridgehead atoms. The van der Waals surface area contributed by atoms with Crippen LogP contribution in [-0.2, 0) is 0 Å². The second-order valence-corrected chi connectivity index (χ2v) is 4.79. The van der Waals surface area contributed by atoms with Gasteiger partial charge in [0.15, 0.2) is 5.82 Å². The Morgan fingerprint density at radius 1 is 1.32 bits per heavy atom. The lowest BCUT2D eigenvalue weighted by atomic mass is 10.2. The molecular formula is C12H6BrClF2N2O. The van der Waals surface area contributed by atoms with E-state index < -0.39 is 17.5 Å². The van der Waals surface area contributed by atoms with Crippen molar-refractivity contribution >= 4 is 39.1 Å². The Morgan fingerprint density at radius 3 is 2.68 bits per heavy atom. The Hall–Kier alpha value is -1.53. The number of anilines is 1. The van der Waals surface area contributed by atoms with Crippen molar-refractivity contribution in [2.24, 2.45) is 0 Å². The average molecular weight is 348 g/mol. The first-order valence-electron chi connectivity index (χ1n) is 5.05. The summed E-state index contributed by atoms with van der Waals surface area (Å²) in [5.74, 6) is -2.32. The SMILES string of the molecule is O=C(Nc1c(F)cc(F)cc1Cl)c1ccnc(Br)c1. The van der Waals surface area contributed by atoms with E-state index >= 15 is 0 Å². The van der Waals surface area contributed by atoms with Gasteiger partial charge in [-0.2, -0.15) is 0 Å². The highest BCUT2D eigenvalue weighted by atomic mass is 79.9. The second kappa shape index (κ2) is 5.63. The fourth-order valence-electron chi connectivity index (χ4n) is 1.39. The van der Waals surface area contributed by atoms with Gasteiger partial charge in [0.2, 0.25) is 0 Å². The van der Waals surface area contributed by atoms with Crippen molar-refractivity contribution in [3.63, 3.8) is 0 Å². The molecule has 7 heteroatoms. The highest BCUT2D eigenvalue weighted by Gasteiger charge is 2.14. The van der Waals surface area contributed by atoms with Crippen molar-refractivity contribution in [2.75, 3.05) is 5.32 Å². The molecule has 0 aliphatic carbocycles. The fourth-order valence-corrected chi connectivity index (χ4v) is 2.00. The van der Waals surface area contributed by atoms with E-state index in [0.29, 0.717) is 10.7 Å². The number of benzene rings is 1. The first-order chi connectivity index (χ1) is 8.97. The van der Waals surface area contributed by atoms with Gasteiger partial charge in [-0.15, -0.1) is 0 Å². The highest BCUT2D eigenvalue weighted by Crippen LogP contribution is 2.26. The van der Waals surface area contributed by atoms with Crippen LogP contribution in [0.3, 0.4) is 0 Å². The standard InChI is InChI=1S/C12H6BrClF2N2O/c13-10-3-6(1-2-17-10)12(19)18-11-8(14)4-7(15)5-9(11)16/h1-5H,(H,18,19). The maximum Gasteiger partial charge on any atom is 0.255 e. The van der Waals surface area contributed by atoms with Gasteiger partial charge in [0, 0.05) is 17.8 Å². The predicted molar refractivity (Wildman–Crippen MR) is 71.3 cm³/mol. The summed E-state index contributed by atoms with van der Waals surface area (Å²) in [4.78, 5) is 15.7. The molecule has 2 rings (SSSR count). The third-order valence-corrected chi connectivity index (χ3v) is 2.97. The minimum Gasteiger partial charge on any atom is -0.318 e.